The van der Waals surface area contributed by atoms with Crippen molar-refractivity contribution < 1.29 is 0 Å². The second kappa shape index (κ2) is 7.80. The van der Waals surface area contributed by atoms with E-state index in [2.05, 4.69) is 61.3 Å². The smallest absolute Gasteiger partial charge is 0.0358 e. The Bertz CT molecular complexity index is 376. The first-order chi connectivity index (χ1) is 9.70. The number of nitrogens with one attached hydrogen (secondary N) is 1. The van der Waals surface area contributed by atoms with E-state index in [-0.39, 0.29) is 0 Å². The van der Waals surface area contributed by atoms with Crippen molar-refractivity contribution >= 4 is 0 Å². The summed E-state index contributed by atoms with van der Waals surface area (Å²) in [6.45, 7) is 11.9. The van der Waals surface area contributed by atoms with Crippen molar-refractivity contribution in [2.24, 2.45) is 11.8 Å². The van der Waals surface area contributed by atoms with E-state index in [1.165, 1.54) is 38.0 Å². The van der Waals surface area contributed by atoms with Gasteiger partial charge in [-0.25, -0.2) is 0 Å². The van der Waals surface area contributed by atoms with Gasteiger partial charge in [0.15, 0.2) is 0 Å². The van der Waals surface area contributed by atoms with Gasteiger partial charge in [0, 0.05) is 19.1 Å². The highest BCUT2D eigenvalue weighted by Crippen LogP contribution is 2.25. The van der Waals surface area contributed by atoms with Crippen molar-refractivity contribution in [2.45, 2.75) is 39.7 Å². The maximum atomic E-state index is 3.74. The monoisotopic (exact) mass is 274 g/mol. The quantitative estimate of drug-likeness (QED) is 0.815. The molecule has 1 aliphatic rings. The zero-order valence-corrected chi connectivity index (χ0v) is 13.3. The first-order valence-corrected chi connectivity index (χ1v) is 8.21. The molecule has 1 N–H and O–H groups in total. The van der Waals surface area contributed by atoms with Crippen LogP contribution in [0.1, 0.15) is 45.2 Å². The lowest BCUT2D eigenvalue weighted by Gasteiger charge is -2.29. The summed E-state index contributed by atoms with van der Waals surface area (Å²) in [5.74, 6) is 1.52. The molecule has 0 amide bonds. The third-order valence-corrected chi connectivity index (χ3v) is 4.40. The van der Waals surface area contributed by atoms with Crippen molar-refractivity contribution in [2.75, 3.05) is 26.2 Å². The van der Waals surface area contributed by atoms with Crippen LogP contribution in [0.25, 0.3) is 0 Å². The molecule has 20 heavy (non-hydrogen) atoms. The molecular formula is C18H30N2. The molecule has 1 aromatic carbocycles. The van der Waals surface area contributed by atoms with Gasteiger partial charge in [-0.3, -0.25) is 0 Å². The maximum Gasteiger partial charge on any atom is 0.0358 e. The summed E-state index contributed by atoms with van der Waals surface area (Å²) in [4.78, 5) is 2.64. The van der Waals surface area contributed by atoms with Crippen LogP contribution in [0, 0.1) is 11.8 Å². The normalized spacial score (nSPS) is 22.9. The highest BCUT2D eigenvalue weighted by Gasteiger charge is 2.24. The van der Waals surface area contributed by atoms with Gasteiger partial charge in [-0.15, -0.1) is 0 Å². The molecule has 2 nitrogen and oxygen atoms in total. The fourth-order valence-electron chi connectivity index (χ4n) is 3.31. The molecule has 1 heterocycles. The van der Waals surface area contributed by atoms with Crippen LogP contribution in [0.5, 0.6) is 0 Å². The molecular weight excluding hydrogens is 244 g/mol. The molecule has 1 saturated heterocycles. The Hall–Kier alpha value is -0.860. The molecule has 1 fully saturated rings. The van der Waals surface area contributed by atoms with E-state index in [4.69, 9.17) is 0 Å². The van der Waals surface area contributed by atoms with Gasteiger partial charge in [-0.2, -0.15) is 0 Å². The van der Waals surface area contributed by atoms with Crippen LogP contribution in [0.15, 0.2) is 30.3 Å². The minimum Gasteiger partial charge on any atom is -0.310 e. The summed E-state index contributed by atoms with van der Waals surface area (Å²) in [6.07, 6.45) is 2.56. The maximum absolute atomic E-state index is 3.74. The lowest BCUT2D eigenvalue weighted by atomic mass is 9.94. The lowest BCUT2D eigenvalue weighted by Crippen LogP contribution is -2.35. The number of rotatable bonds is 7. The summed E-state index contributed by atoms with van der Waals surface area (Å²) in [7, 11) is 0. The Morgan fingerprint density at radius 3 is 2.65 bits per heavy atom. The van der Waals surface area contributed by atoms with Gasteiger partial charge in [-0.1, -0.05) is 51.1 Å². The average Bonchev–Trinajstić information content (AvgIpc) is 2.86. The first kappa shape index (κ1) is 15.5. The van der Waals surface area contributed by atoms with Gasteiger partial charge in [0.05, 0.1) is 0 Å². The Kier molecular flexibility index (Phi) is 6.06. The number of nitrogens with zero attached hydrogens (tertiary/aromatic N) is 1. The Balaban J connectivity index is 1.98. The fraction of sp³-hybridized carbons (Fsp3) is 0.667. The van der Waals surface area contributed by atoms with Crippen LogP contribution >= 0.6 is 0 Å². The third-order valence-electron chi connectivity index (χ3n) is 4.40. The van der Waals surface area contributed by atoms with Crippen LogP contribution in [0.4, 0.5) is 0 Å². The number of hydrogen-bond donors (Lipinski definition) is 1. The van der Waals surface area contributed by atoms with E-state index in [1.54, 1.807) is 0 Å². The highest BCUT2D eigenvalue weighted by molar-refractivity contribution is 5.19. The Labute approximate surface area is 124 Å². The SMILES string of the molecule is CCCNC(c1ccccc1)C(C)CN1CCC(C)C1. The van der Waals surface area contributed by atoms with E-state index in [0.717, 1.165) is 12.5 Å². The molecule has 0 spiro atoms. The predicted octanol–water partition coefficient (Wildman–Crippen LogP) is 3.71. The van der Waals surface area contributed by atoms with Crippen molar-refractivity contribution in [1.29, 1.82) is 0 Å². The van der Waals surface area contributed by atoms with Crippen LogP contribution in [-0.4, -0.2) is 31.1 Å². The summed E-state index contributed by atoms with van der Waals surface area (Å²) in [5.41, 5.74) is 1.43. The average molecular weight is 274 g/mol. The molecule has 0 saturated carbocycles. The van der Waals surface area contributed by atoms with Crippen molar-refractivity contribution in [3.63, 3.8) is 0 Å². The van der Waals surface area contributed by atoms with Gasteiger partial charge >= 0.3 is 0 Å². The van der Waals surface area contributed by atoms with Gasteiger partial charge in [0.1, 0.15) is 0 Å². The largest absolute Gasteiger partial charge is 0.310 e. The van der Waals surface area contributed by atoms with Crippen LogP contribution in [0.3, 0.4) is 0 Å². The lowest BCUT2D eigenvalue weighted by molar-refractivity contribution is 0.242. The number of likely N-dealkylation sites (tertiary alicyclic amines) is 1. The van der Waals surface area contributed by atoms with Gasteiger partial charge in [0.25, 0.3) is 0 Å². The molecule has 1 aromatic rings. The molecule has 0 bridgehead atoms. The Morgan fingerprint density at radius 2 is 2.05 bits per heavy atom. The topological polar surface area (TPSA) is 15.3 Å². The Morgan fingerprint density at radius 1 is 1.30 bits per heavy atom. The van der Waals surface area contributed by atoms with Gasteiger partial charge < -0.3 is 10.2 Å². The predicted molar refractivity (Wildman–Crippen MR) is 86.9 cm³/mol. The highest BCUT2D eigenvalue weighted by atomic mass is 15.1. The minimum absolute atomic E-state index is 0.479. The van der Waals surface area contributed by atoms with Crippen molar-refractivity contribution in [3.8, 4) is 0 Å². The van der Waals surface area contributed by atoms with Crippen LogP contribution in [0.2, 0.25) is 0 Å². The van der Waals surface area contributed by atoms with Crippen LogP contribution < -0.4 is 5.32 Å². The van der Waals surface area contributed by atoms with E-state index >= 15 is 0 Å². The summed E-state index contributed by atoms with van der Waals surface area (Å²) >= 11 is 0. The van der Waals surface area contributed by atoms with E-state index in [0.29, 0.717) is 12.0 Å². The summed E-state index contributed by atoms with van der Waals surface area (Å²) < 4.78 is 0. The van der Waals surface area contributed by atoms with Crippen molar-refractivity contribution in [3.05, 3.63) is 35.9 Å². The first-order valence-electron chi connectivity index (χ1n) is 8.21. The standard InChI is InChI=1S/C18H30N2/c1-4-11-19-18(17-8-6-5-7-9-17)16(3)14-20-12-10-15(2)13-20/h5-9,15-16,18-19H,4,10-14H2,1-3H3. The van der Waals surface area contributed by atoms with Crippen molar-refractivity contribution in [1.82, 2.24) is 10.2 Å². The fourth-order valence-corrected chi connectivity index (χ4v) is 3.31. The van der Waals surface area contributed by atoms with Gasteiger partial charge in [-0.05, 0) is 43.3 Å². The van der Waals surface area contributed by atoms with E-state index < -0.39 is 0 Å². The van der Waals surface area contributed by atoms with Crippen LogP contribution in [-0.2, 0) is 0 Å². The minimum atomic E-state index is 0.479. The second-order valence-electron chi connectivity index (χ2n) is 6.47. The summed E-state index contributed by atoms with van der Waals surface area (Å²) in [5, 5.41) is 3.74. The molecule has 112 valence electrons. The number of benzene rings is 1. The molecule has 0 radical (unpaired) electrons. The third kappa shape index (κ3) is 4.32. The van der Waals surface area contributed by atoms with E-state index in [9.17, 15) is 0 Å². The van der Waals surface area contributed by atoms with E-state index in [1.807, 2.05) is 0 Å². The molecule has 3 unspecified atom stereocenters. The molecule has 0 aromatic heterocycles. The summed E-state index contributed by atoms with van der Waals surface area (Å²) in [6, 6.07) is 11.4. The molecule has 0 aliphatic carbocycles. The number of hydrogen-bond acceptors (Lipinski definition) is 2. The zero-order chi connectivity index (χ0) is 14.4. The molecule has 2 rings (SSSR count). The van der Waals surface area contributed by atoms with Gasteiger partial charge in [0.2, 0.25) is 0 Å². The second-order valence-corrected chi connectivity index (χ2v) is 6.47. The molecule has 3 atom stereocenters. The molecule has 2 heteroatoms. The zero-order valence-electron chi connectivity index (χ0n) is 13.3. The molecule has 1 aliphatic heterocycles.